The zero-order valence-corrected chi connectivity index (χ0v) is 37.2. The van der Waals surface area contributed by atoms with E-state index in [9.17, 15) is 68.1 Å². The van der Waals surface area contributed by atoms with E-state index in [0.29, 0.717) is 11.1 Å². The summed E-state index contributed by atoms with van der Waals surface area (Å²) in [5, 5.41) is 48.1. The number of aromatic hydroxyl groups is 1. The Kier molecular flexibility index (Phi) is 22.3. The quantitative estimate of drug-likeness (QED) is 0.0398. The molecule has 2 aromatic carbocycles. The number of nitrogens with two attached hydrogens (primary N) is 3. The van der Waals surface area contributed by atoms with Crippen LogP contribution in [0.15, 0.2) is 54.6 Å². The zero-order chi connectivity index (χ0) is 50.5. The third-order valence-corrected chi connectivity index (χ3v) is 9.70. The first-order valence-corrected chi connectivity index (χ1v) is 20.8. The number of hydrogen-bond donors (Lipinski definition) is 14. The molecule has 25 heteroatoms. The van der Waals surface area contributed by atoms with Crippen molar-refractivity contribution in [3.8, 4) is 5.75 Å². The fraction of sp³-hybridized carbons (Fsp3) is 0.452. The number of carboxylic acids is 1. The van der Waals surface area contributed by atoms with Gasteiger partial charge in [0.15, 0.2) is 0 Å². The number of carbonyl (C=O) groups is 11. The molecule has 0 heterocycles. The normalized spacial score (nSPS) is 14.4. The molecule has 0 radical (unpaired) electrons. The zero-order valence-electron chi connectivity index (χ0n) is 37.2. The molecule has 2 aromatic rings. The number of benzene rings is 2. The van der Waals surface area contributed by atoms with Crippen molar-refractivity contribution in [3.63, 3.8) is 0 Å². The first kappa shape index (κ1) is 55.5. The molecule has 25 nitrogen and oxygen atoms in total. The highest BCUT2D eigenvalue weighted by atomic mass is 16.4. The van der Waals surface area contributed by atoms with Crippen LogP contribution in [0.4, 0.5) is 0 Å². The average molecular weight is 942 g/mol. The molecule has 0 aromatic heterocycles. The molecule has 0 spiro atoms. The van der Waals surface area contributed by atoms with Crippen LogP contribution in [0.25, 0.3) is 0 Å². The maximum atomic E-state index is 13.9. The SMILES string of the molecule is CC(C)[C@H](NC(=O)[C@H](C)NC(=O)[C@H](Cc1ccc(O)cc1)NC(=O)[C@H](CC(N)=O)NC(=O)[C@H](CC(N)=O)NC(=O)[C@H](Cc1ccccc1)NC(=O)[C@@H](NC(=O)CNC(=O)CN)[C@@H](C)O)C(=O)O. The molecular formula is C42H59N11O14. The predicted octanol–water partition coefficient (Wildman–Crippen LogP) is -5.46. The van der Waals surface area contributed by atoms with Crippen molar-refractivity contribution < 1.29 is 68.1 Å². The van der Waals surface area contributed by atoms with Crippen LogP contribution in [-0.4, -0.2) is 142 Å². The van der Waals surface area contributed by atoms with E-state index in [1.807, 2.05) is 0 Å². The highest BCUT2D eigenvalue weighted by Gasteiger charge is 2.36. The summed E-state index contributed by atoms with van der Waals surface area (Å²) in [7, 11) is 0. The first-order chi connectivity index (χ1) is 31.4. The summed E-state index contributed by atoms with van der Waals surface area (Å²) in [5.41, 5.74) is 16.9. The lowest BCUT2D eigenvalue weighted by atomic mass is 10.0. The van der Waals surface area contributed by atoms with Crippen LogP contribution in [0.5, 0.6) is 5.75 Å². The van der Waals surface area contributed by atoms with Gasteiger partial charge in [0.2, 0.25) is 59.1 Å². The van der Waals surface area contributed by atoms with Crippen LogP contribution in [0, 0.1) is 5.92 Å². The number of aliphatic hydroxyl groups excluding tert-OH is 1. The molecule has 67 heavy (non-hydrogen) atoms. The van der Waals surface area contributed by atoms with E-state index in [4.69, 9.17) is 17.2 Å². The number of nitrogens with one attached hydrogen (secondary N) is 8. The lowest BCUT2D eigenvalue weighted by Crippen LogP contribution is -2.61. The molecule has 0 aliphatic carbocycles. The summed E-state index contributed by atoms with van der Waals surface area (Å²) >= 11 is 0. The minimum Gasteiger partial charge on any atom is -0.508 e. The molecule has 0 bridgehead atoms. The molecule has 0 aliphatic heterocycles. The highest BCUT2D eigenvalue weighted by molar-refractivity contribution is 6.00. The van der Waals surface area contributed by atoms with Gasteiger partial charge >= 0.3 is 5.97 Å². The molecule has 0 saturated heterocycles. The fourth-order valence-corrected chi connectivity index (χ4v) is 6.09. The Morgan fingerprint density at radius 1 is 0.537 bits per heavy atom. The molecule has 0 aliphatic rings. The van der Waals surface area contributed by atoms with E-state index in [1.165, 1.54) is 31.2 Å². The predicted molar refractivity (Wildman–Crippen MR) is 235 cm³/mol. The summed E-state index contributed by atoms with van der Waals surface area (Å²) in [6.45, 7) is 4.48. The summed E-state index contributed by atoms with van der Waals surface area (Å²) in [5.74, 6) is -12.3. The fourth-order valence-electron chi connectivity index (χ4n) is 6.09. The van der Waals surface area contributed by atoms with Gasteiger partial charge in [0, 0.05) is 12.8 Å². The topological polar surface area (TPSA) is 423 Å². The summed E-state index contributed by atoms with van der Waals surface area (Å²) in [6, 6.07) is 2.23. The first-order valence-electron chi connectivity index (χ1n) is 20.8. The average Bonchev–Trinajstić information content (AvgIpc) is 3.25. The molecule has 366 valence electrons. The number of aliphatic carboxylic acids is 1. The number of phenolic OH excluding ortho intramolecular Hbond substituents is 1. The van der Waals surface area contributed by atoms with Crippen molar-refractivity contribution in [3.05, 3.63) is 65.7 Å². The third kappa shape index (κ3) is 19.5. The summed E-state index contributed by atoms with van der Waals surface area (Å²) in [6.07, 6.45) is -3.91. The third-order valence-electron chi connectivity index (χ3n) is 9.70. The van der Waals surface area contributed by atoms with Crippen LogP contribution in [0.3, 0.4) is 0 Å². The van der Waals surface area contributed by atoms with E-state index in [0.717, 1.165) is 6.92 Å². The van der Waals surface area contributed by atoms with Gasteiger partial charge in [-0.2, -0.15) is 0 Å². The van der Waals surface area contributed by atoms with E-state index < -0.39 is 145 Å². The Morgan fingerprint density at radius 2 is 0.985 bits per heavy atom. The Bertz CT molecular complexity index is 2100. The molecule has 8 atom stereocenters. The van der Waals surface area contributed by atoms with Gasteiger partial charge in [0.25, 0.3) is 0 Å². The number of amides is 10. The Hall–Kier alpha value is -7.67. The monoisotopic (exact) mass is 941 g/mol. The van der Waals surface area contributed by atoms with Crippen LogP contribution in [-0.2, 0) is 65.6 Å². The number of rotatable bonds is 27. The molecule has 0 unspecified atom stereocenters. The maximum Gasteiger partial charge on any atom is 0.326 e. The lowest BCUT2D eigenvalue weighted by molar-refractivity contribution is -0.143. The summed E-state index contributed by atoms with van der Waals surface area (Å²) < 4.78 is 0. The number of phenols is 1. The van der Waals surface area contributed by atoms with Gasteiger partial charge in [-0.3, -0.25) is 47.9 Å². The van der Waals surface area contributed by atoms with Crippen molar-refractivity contribution in [2.45, 2.75) is 102 Å². The second-order valence-corrected chi connectivity index (χ2v) is 15.7. The lowest BCUT2D eigenvalue weighted by Gasteiger charge is -2.27. The van der Waals surface area contributed by atoms with Gasteiger partial charge < -0.3 is 75.1 Å². The number of carboxylic acid groups (broad SMARTS) is 1. The van der Waals surface area contributed by atoms with E-state index in [-0.39, 0.29) is 18.6 Å². The second-order valence-electron chi connectivity index (χ2n) is 15.7. The Balaban J connectivity index is 2.42. The molecule has 17 N–H and O–H groups in total. The minimum atomic E-state index is -1.89. The van der Waals surface area contributed by atoms with Gasteiger partial charge in [-0.05, 0) is 43.0 Å². The van der Waals surface area contributed by atoms with Gasteiger partial charge in [-0.25, -0.2) is 4.79 Å². The van der Waals surface area contributed by atoms with Crippen LogP contribution >= 0.6 is 0 Å². The molecular weight excluding hydrogens is 883 g/mol. The minimum absolute atomic E-state index is 0.132. The largest absolute Gasteiger partial charge is 0.508 e. The van der Waals surface area contributed by atoms with E-state index >= 15 is 0 Å². The molecule has 10 amide bonds. The Morgan fingerprint density at radius 3 is 1.43 bits per heavy atom. The summed E-state index contributed by atoms with van der Waals surface area (Å²) in [4.78, 5) is 142. The van der Waals surface area contributed by atoms with Crippen molar-refractivity contribution in [1.29, 1.82) is 0 Å². The van der Waals surface area contributed by atoms with E-state index in [1.54, 1.807) is 44.2 Å². The smallest absolute Gasteiger partial charge is 0.326 e. The van der Waals surface area contributed by atoms with Crippen molar-refractivity contribution in [2.75, 3.05) is 13.1 Å². The maximum absolute atomic E-state index is 13.9. The van der Waals surface area contributed by atoms with Crippen LogP contribution in [0.2, 0.25) is 0 Å². The van der Waals surface area contributed by atoms with Gasteiger partial charge in [0.05, 0.1) is 32.0 Å². The van der Waals surface area contributed by atoms with Crippen molar-refractivity contribution in [2.24, 2.45) is 23.1 Å². The van der Waals surface area contributed by atoms with Crippen LogP contribution < -0.4 is 59.7 Å². The van der Waals surface area contributed by atoms with Gasteiger partial charge in [-0.1, -0.05) is 56.3 Å². The van der Waals surface area contributed by atoms with Crippen molar-refractivity contribution >= 4 is 65.0 Å². The standard InChI is InChI=1S/C42H59N11O14/c1-20(2)34(42(66)67)53-36(60)21(3)47-37(61)26(15-24-10-12-25(55)13-11-24)48-39(63)28(16-30(44)56)50-40(64)29(17-31(45)57)49-38(62)27(14-23-8-6-5-7-9-23)51-41(65)35(22(4)54)52-33(59)19-46-32(58)18-43/h5-13,20-22,26-29,34-35,54-55H,14-19,43H2,1-4H3,(H2,44,56)(H2,45,57)(H,46,58)(H,47,61)(H,48,63)(H,49,62)(H,50,64)(H,51,65)(H,52,59)(H,53,60)(H,66,67)/t21-,22+,26-,27-,28-,29-,34-,35-/m0/s1. The van der Waals surface area contributed by atoms with Crippen molar-refractivity contribution in [1.82, 2.24) is 42.5 Å². The Labute approximate surface area is 384 Å². The van der Waals surface area contributed by atoms with E-state index in [2.05, 4.69) is 42.5 Å². The number of primary amides is 2. The number of carbonyl (C=O) groups excluding carboxylic acids is 10. The molecule has 0 fully saturated rings. The van der Waals surface area contributed by atoms with Gasteiger partial charge in [-0.15, -0.1) is 0 Å². The van der Waals surface area contributed by atoms with Crippen LogP contribution in [0.1, 0.15) is 51.7 Å². The second kappa shape index (κ2) is 27.0. The number of hydrogen-bond acceptors (Lipinski definition) is 14. The molecule has 2 rings (SSSR count). The van der Waals surface area contributed by atoms with Gasteiger partial charge in [0.1, 0.15) is 48.0 Å². The highest BCUT2D eigenvalue weighted by Crippen LogP contribution is 2.13. The molecule has 0 saturated carbocycles. The number of aliphatic hydroxyl groups is 1.